The van der Waals surface area contributed by atoms with Crippen molar-refractivity contribution < 1.29 is 13.9 Å². The Kier molecular flexibility index (Phi) is 6.60. The third kappa shape index (κ3) is 5.00. The van der Waals surface area contributed by atoms with Gasteiger partial charge in [-0.2, -0.15) is 4.39 Å². The first-order valence-electron chi connectivity index (χ1n) is 7.52. The number of esters is 1. The van der Waals surface area contributed by atoms with Crippen LogP contribution in [0.1, 0.15) is 56.2 Å². The Morgan fingerprint density at radius 2 is 1.71 bits per heavy atom. The highest BCUT2D eigenvalue weighted by Crippen LogP contribution is 2.26. The van der Waals surface area contributed by atoms with Crippen LogP contribution in [0.2, 0.25) is 0 Å². The fraction of sp³-hybridized carbons (Fsp3) is 0.500. The van der Waals surface area contributed by atoms with Crippen molar-refractivity contribution in [1.29, 1.82) is 0 Å². The van der Waals surface area contributed by atoms with Crippen LogP contribution in [-0.2, 0) is 4.79 Å². The normalized spacial score (nSPS) is 12.1. The monoisotopic (exact) mass is 292 g/mol. The minimum atomic E-state index is -0.890. The number of hydrogen-bond donors (Lipinski definition) is 0. The molecule has 3 heteroatoms. The maximum atomic E-state index is 14.1. The number of carbonyl (C=O) groups is 1. The van der Waals surface area contributed by atoms with Gasteiger partial charge in [0.05, 0.1) is 0 Å². The van der Waals surface area contributed by atoms with Gasteiger partial charge in [0.15, 0.2) is 0 Å². The summed E-state index contributed by atoms with van der Waals surface area (Å²) in [5.74, 6) is -1.19. The third-order valence-electron chi connectivity index (χ3n) is 3.51. The molecule has 0 saturated carbocycles. The van der Waals surface area contributed by atoms with Gasteiger partial charge in [-0.05, 0) is 57.2 Å². The molecule has 1 aromatic carbocycles. The third-order valence-corrected chi connectivity index (χ3v) is 3.51. The molecule has 0 bridgehead atoms. The van der Waals surface area contributed by atoms with E-state index in [4.69, 9.17) is 4.74 Å². The van der Waals surface area contributed by atoms with Crippen LogP contribution in [0.25, 0.3) is 0 Å². The summed E-state index contributed by atoms with van der Waals surface area (Å²) >= 11 is 0. The van der Waals surface area contributed by atoms with Gasteiger partial charge >= 0.3 is 5.97 Å². The molecule has 0 amide bonds. The molecule has 0 unspecified atom stereocenters. The molecule has 0 aliphatic carbocycles. The fourth-order valence-corrected chi connectivity index (χ4v) is 2.39. The Hall–Kier alpha value is -1.64. The molecule has 1 rings (SSSR count). The molecule has 0 saturated heterocycles. The molecule has 0 aromatic heterocycles. The van der Waals surface area contributed by atoms with Crippen molar-refractivity contribution in [2.75, 3.05) is 0 Å². The van der Waals surface area contributed by atoms with E-state index in [2.05, 4.69) is 6.92 Å². The molecular weight excluding hydrogens is 267 g/mol. The van der Waals surface area contributed by atoms with E-state index in [1.165, 1.54) is 0 Å². The van der Waals surface area contributed by atoms with Gasteiger partial charge in [0.2, 0.25) is 5.83 Å². The number of ether oxygens (including phenoxy) is 1. The first-order chi connectivity index (χ1) is 9.86. The van der Waals surface area contributed by atoms with Gasteiger partial charge in [-0.1, -0.05) is 37.5 Å². The minimum absolute atomic E-state index is 0.460. The van der Waals surface area contributed by atoms with E-state index in [0.717, 1.165) is 36.0 Å². The summed E-state index contributed by atoms with van der Waals surface area (Å²) in [7, 11) is 0. The predicted molar refractivity (Wildman–Crippen MR) is 84.2 cm³/mol. The molecule has 0 radical (unpaired) electrons. The Morgan fingerprint density at radius 1 is 1.14 bits per heavy atom. The number of rotatable bonds is 6. The zero-order valence-electron chi connectivity index (χ0n) is 13.7. The van der Waals surface area contributed by atoms with Gasteiger partial charge in [0, 0.05) is 0 Å². The largest absolute Gasteiger partial charge is 0.421 e. The van der Waals surface area contributed by atoms with Gasteiger partial charge in [0.1, 0.15) is 5.75 Å². The van der Waals surface area contributed by atoms with Gasteiger partial charge in [-0.15, -0.1) is 0 Å². The average molecular weight is 292 g/mol. The first kappa shape index (κ1) is 17.4. The molecule has 0 aliphatic heterocycles. The second-order valence-corrected chi connectivity index (χ2v) is 5.67. The molecule has 2 nitrogen and oxygen atoms in total. The number of allylic oxidation sites excluding steroid dienone is 1. The van der Waals surface area contributed by atoms with E-state index in [-0.39, 0.29) is 0 Å². The van der Waals surface area contributed by atoms with Crippen LogP contribution in [0, 0.1) is 20.8 Å². The Balaban J connectivity index is 2.83. The van der Waals surface area contributed by atoms with Crippen molar-refractivity contribution in [3.8, 4) is 5.75 Å². The van der Waals surface area contributed by atoms with E-state index in [0.29, 0.717) is 17.7 Å². The van der Waals surface area contributed by atoms with E-state index in [9.17, 15) is 9.18 Å². The quantitative estimate of drug-likeness (QED) is 0.306. The fourth-order valence-electron chi connectivity index (χ4n) is 2.39. The zero-order valence-corrected chi connectivity index (χ0v) is 13.7. The Morgan fingerprint density at radius 3 is 2.24 bits per heavy atom. The van der Waals surface area contributed by atoms with Crippen LogP contribution in [-0.4, -0.2) is 5.97 Å². The lowest BCUT2D eigenvalue weighted by Crippen LogP contribution is -2.12. The molecule has 0 N–H and O–H groups in total. The molecule has 0 aliphatic rings. The predicted octanol–water partition coefficient (Wildman–Crippen LogP) is 5.34. The number of aryl methyl sites for hydroxylation is 3. The Bertz CT molecular complexity index is 521. The highest BCUT2D eigenvalue weighted by Gasteiger charge is 2.17. The molecule has 21 heavy (non-hydrogen) atoms. The number of carbonyl (C=O) groups excluding carboxylic acids is 1. The molecule has 0 atom stereocenters. The van der Waals surface area contributed by atoms with Crippen molar-refractivity contribution in [1.82, 2.24) is 0 Å². The SMILES string of the molecule is CCCCC/C(C)=C(/F)C(=O)Oc1c(C)cc(C)cc1C. The summed E-state index contributed by atoms with van der Waals surface area (Å²) in [5, 5.41) is 0. The lowest BCUT2D eigenvalue weighted by Gasteiger charge is -2.11. The topological polar surface area (TPSA) is 26.3 Å². The van der Waals surface area contributed by atoms with E-state index in [1.807, 2.05) is 32.9 Å². The van der Waals surface area contributed by atoms with E-state index < -0.39 is 11.8 Å². The maximum Gasteiger partial charge on any atom is 0.372 e. The van der Waals surface area contributed by atoms with Crippen molar-refractivity contribution in [2.45, 2.75) is 60.3 Å². The lowest BCUT2D eigenvalue weighted by atomic mass is 10.1. The van der Waals surface area contributed by atoms with Crippen LogP contribution in [0.15, 0.2) is 23.5 Å². The van der Waals surface area contributed by atoms with Crippen LogP contribution in [0.3, 0.4) is 0 Å². The molecular formula is C18H25FO2. The smallest absolute Gasteiger partial charge is 0.372 e. The van der Waals surface area contributed by atoms with Gasteiger partial charge < -0.3 is 4.74 Å². The molecule has 0 spiro atoms. The summed E-state index contributed by atoms with van der Waals surface area (Å²) in [4.78, 5) is 11.9. The van der Waals surface area contributed by atoms with Crippen molar-refractivity contribution >= 4 is 5.97 Å². The van der Waals surface area contributed by atoms with E-state index in [1.54, 1.807) is 6.92 Å². The van der Waals surface area contributed by atoms with Crippen molar-refractivity contribution in [3.63, 3.8) is 0 Å². The molecule has 0 heterocycles. The van der Waals surface area contributed by atoms with Gasteiger partial charge in [-0.25, -0.2) is 4.79 Å². The highest BCUT2D eigenvalue weighted by atomic mass is 19.1. The first-order valence-corrected chi connectivity index (χ1v) is 7.52. The number of benzene rings is 1. The summed E-state index contributed by atoms with van der Waals surface area (Å²) in [6.45, 7) is 9.44. The van der Waals surface area contributed by atoms with Gasteiger partial charge in [0.25, 0.3) is 0 Å². The molecule has 0 fully saturated rings. The average Bonchev–Trinajstić information content (AvgIpc) is 2.41. The second kappa shape index (κ2) is 7.96. The number of hydrogen-bond acceptors (Lipinski definition) is 2. The van der Waals surface area contributed by atoms with Crippen LogP contribution >= 0.6 is 0 Å². The molecule has 1 aromatic rings. The van der Waals surface area contributed by atoms with Crippen LogP contribution < -0.4 is 4.74 Å². The number of halogens is 1. The lowest BCUT2D eigenvalue weighted by molar-refractivity contribution is -0.131. The highest BCUT2D eigenvalue weighted by molar-refractivity contribution is 5.89. The Labute approximate surface area is 127 Å². The second-order valence-electron chi connectivity index (χ2n) is 5.67. The van der Waals surface area contributed by atoms with Gasteiger partial charge in [-0.3, -0.25) is 0 Å². The van der Waals surface area contributed by atoms with Crippen molar-refractivity contribution in [2.24, 2.45) is 0 Å². The summed E-state index contributed by atoms with van der Waals surface area (Å²) < 4.78 is 19.3. The van der Waals surface area contributed by atoms with E-state index >= 15 is 0 Å². The van der Waals surface area contributed by atoms with Crippen LogP contribution in [0.4, 0.5) is 4.39 Å². The number of unbranched alkanes of at least 4 members (excludes halogenated alkanes) is 2. The summed E-state index contributed by atoms with van der Waals surface area (Å²) in [6.07, 6.45) is 3.60. The van der Waals surface area contributed by atoms with Crippen molar-refractivity contribution in [3.05, 3.63) is 40.2 Å². The zero-order chi connectivity index (χ0) is 16.0. The minimum Gasteiger partial charge on any atom is -0.421 e. The summed E-state index contributed by atoms with van der Waals surface area (Å²) in [5.41, 5.74) is 3.25. The molecule has 116 valence electrons. The summed E-state index contributed by atoms with van der Waals surface area (Å²) in [6, 6.07) is 3.84. The van der Waals surface area contributed by atoms with Crippen LogP contribution in [0.5, 0.6) is 5.75 Å². The standard InChI is InChI=1S/C18H25FO2/c1-6-7-8-9-13(3)16(19)18(20)21-17-14(4)10-12(2)11-15(17)5/h10-11H,6-9H2,1-5H3/b16-13+. The maximum absolute atomic E-state index is 14.1.